The molecule has 2 fully saturated rings. The van der Waals surface area contributed by atoms with Crippen molar-refractivity contribution < 1.29 is 13.9 Å². The normalized spacial score (nSPS) is 19.5. The molecule has 1 amide bonds. The molecular weight excluding hydrogens is 359 g/mol. The van der Waals surface area contributed by atoms with Crippen LogP contribution in [0.25, 0.3) is 0 Å². The van der Waals surface area contributed by atoms with E-state index in [9.17, 15) is 9.18 Å². The first-order valence-electron chi connectivity index (χ1n) is 8.46. The first kappa shape index (κ1) is 18.7. The van der Waals surface area contributed by atoms with Gasteiger partial charge in [0, 0.05) is 36.5 Å². The number of rotatable bonds is 4. The molecule has 0 spiro atoms. The summed E-state index contributed by atoms with van der Waals surface area (Å²) in [5.74, 6) is -0.318. The number of nitrogens with one attached hydrogen (secondary N) is 2. The fourth-order valence-corrected chi connectivity index (χ4v) is 2.87. The number of nitrogens with zero attached hydrogens (tertiary/aromatic N) is 2. The van der Waals surface area contributed by atoms with E-state index in [2.05, 4.69) is 20.6 Å². The molecule has 1 saturated heterocycles. The number of carbonyl (C=O) groups is 1. The highest BCUT2D eigenvalue weighted by atomic mass is 35.5. The van der Waals surface area contributed by atoms with Crippen molar-refractivity contribution in [3.05, 3.63) is 53.4 Å². The summed E-state index contributed by atoms with van der Waals surface area (Å²) in [7, 11) is 0. The number of anilines is 1. The van der Waals surface area contributed by atoms with Gasteiger partial charge in [0.2, 0.25) is 0 Å². The zero-order valence-electron chi connectivity index (χ0n) is 14.1. The van der Waals surface area contributed by atoms with Gasteiger partial charge in [-0.3, -0.25) is 9.78 Å². The lowest BCUT2D eigenvalue weighted by atomic mass is 10.1. The zero-order chi connectivity index (χ0) is 17.2. The van der Waals surface area contributed by atoms with Crippen molar-refractivity contribution in [3.8, 4) is 0 Å². The third kappa shape index (κ3) is 4.17. The Hall–Kier alpha value is -2.09. The molecule has 1 saturated carbocycles. The molecule has 1 atom stereocenters. The number of aromatic nitrogens is 2. The van der Waals surface area contributed by atoms with Crippen LogP contribution in [0.1, 0.15) is 46.6 Å². The Labute approximate surface area is 157 Å². The standard InChI is InChI=1S/C18H19FN4O2.ClH/c19-14-7-12(3-4-13(14)17-10-20-5-6-25-17)23-18(24)16-9-21-15(8-22-16)11-1-2-11;/h3-4,7-9,11,17,20H,1-2,5-6,10H2,(H,23,24);1H/t17-;/m0./s1. The van der Waals surface area contributed by atoms with Gasteiger partial charge in [0.05, 0.1) is 24.6 Å². The summed E-state index contributed by atoms with van der Waals surface area (Å²) in [5.41, 5.74) is 2.00. The number of amides is 1. The van der Waals surface area contributed by atoms with Crippen molar-refractivity contribution in [3.63, 3.8) is 0 Å². The van der Waals surface area contributed by atoms with E-state index >= 15 is 0 Å². The maximum Gasteiger partial charge on any atom is 0.275 e. The second kappa shape index (κ2) is 8.07. The van der Waals surface area contributed by atoms with Crippen molar-refractivity contribution >= 4 is 24.0 Å². The summed E-state index contributed by atoms with van der Waals surface area (Å²) in [4.78, 5) is 20.7. The highest BCUT2D eigenvalue weighted by molar-refractivity contribution is 6.02. The van der Waals surface area contributed by atoms with Crippen LogP contribution in [0.5, 0.6) is 0 Å². The largest absolute Gasteiger partial charge is 0.371 e. The predicted octanol–water partition coefficient (Wildman–Crippen LogP) is 2.83. The third-order valence-corrected chi connectivity index (χ3v) is 4.43. The molecule has 1 aromatic carbocycles. The lowest BCUT2D eigenvalue weighted by Gasteiger charge is -2.24. The molecule has 1 aromatic heterocycles. The van der Waals surface area contributed by atoms with Crippen molar-refractivity contribution in [1.82, 2.24) is 15.3 Å². The lowest BCUT2D eigenvalue weighted by molar-refractivity contribution is 0.0255. The SMILES string of the molecule is Cl.O=C(Nc1ccc([C@@H]2CNCCO2)c(F)c1)c1cnc(C2CC2)cn1. The molecule has 1 aliphatic carbocycles. The van der Waals surface area contributed by atoms with Crippen LogP contribution in [0.4, 0.5) is 10.1 Å². The van der Waals surface area contributed by atoms with E-state index in [1.54, 1.807) is 18.3 Å². The predicted molar refractivity (Wildman–Crippen MR) is 97.2 cm³/mol. The monoisotopic (exact) mass is 378 g/mol. The minimum atomic E-state index is -0.405. The second-order valence-corrected chi connectivity index (χ2v) is 6.35. The Kier molecular flexibility index (Phi) is 5.80. The van der Waals surface area contributed by atoms with E-state index in [4.69, 9.17) is 4.74 Å². The van der Waals surface area contributed by atoms with Gasteiger partial charge < -0.3 is 15.4 Å². The number of hydrogen-bond donors (Lipinski definition) is 2. The molecule has 0 bridgehead atoms. The minimum absolute atomic E-state index is 0. The van der Waals surface area contributed by atoms with Gasteiger partial charge in [-0.2, -0.15) is 0 Å². The molecule has 1 aliphatic heterocycles. The van der Waals surface area contributed by atoms with Gasteiger partial charge in [-0.1, -0.05) is 6.07 Å². The van der Waals surface area contributed by atoms with E-state index in [1.165, 1.54) is 12.3 Å². The molecule has 138 valence electrons. The topological polar surface area (TPSA) is 76.1 Å². The summed E-state index contributed by atoms with van der Waals surface area (Å²) >= 11 is 0. The van der Waals surface area contributed by atoms with Crippen molar-refractivity contribution in [2.24, 2.45) is 0 Å². The second-order valence-electron chi connectivity index (χ2n) is 6.35. The molecule has 2 aliphatic rings. The molecule has 2 heterocycles. The van der Waals surface area contributed by atoms with Crippen molar-refractivity contribution in [2.75, 3.05) is 25.0 Å². The molecule has 26 heavy (non-hydrogen) atoms. The van der Waals surface area contributed by atoms with Crippen LogP contribution in [0, 0.1) is 5.82 Å². The van der Waals surface area contributed by atoms with Crippen LogP contribution >= 0.6 is 12.4 Å². The molecule has 0 unspecified atom stereocenters. The highest BCUT2D eigenvalue weighted by Crippen LogP contribution is 2.38. The maximum absolute atomic E-state index is 14.3. The first-order chi connectivity index (χ1) is 12.2. The average molecular weight is 379 g/mol. The molecule has 6 nitrogen and oxygen atoms in total. The lowest BCUT2D eigenvalue weighted by Crippen LogP contribution is -2.33. The van der Waals surface area contributed by atoms with Crippen molar-refractivity contribution in [1.29, 1.82) is 0 Å². The van der Waals surface area contributed by atoms with Crippen LogP contribution in [-0.4, -0.2) is 35.6 Å². The van der Waals surface area contributed by atoms with Gasteiger partial charge in [0.15, 0.2) is 0 Å². The van der Waals surface area contributed by atoms with E-state index in [0.717, 1.165) is 25.1 Å². The minimum Gasteiger partial charge on any atom is -0.371 e. The van der Waals surface area contributed by atoms with Crippen LogP contribution in [0.2, 0.25) is 0 Å². The molecule has 8 heteroatoms. The number of benzene rings is 1. The zero-order valence-corrected chi connectivity index (χ0v) is 14.9. The van der Waals surface area contributed by atoms with Crippen molar-refractivity contribution in [2.45, 2.75) is 24.9 Å². The van der Waals surface area contributed by atoms with Gasteiger partial charge in [-0.25, -0.2) is 9.37 Å². The van der Waals surface area contributed by atoms with Crippen LogP contribution in [0.3, 0.4) is 0 Å². The van der Waals surface area contributed by atoms with Crippen LogP contribution < -0.4 is 10.6 Å². The van der Waals surface area contributed by atoms with Gasteiger partial charge in [0.25, 0.3) is 5.91 Å². The van der Waals surface area contributed by atoms with Gasteiger partial charge in [-0.05, 0) is 25.0 Å². The number of halogens is 2. The smallest absolute Gasteiger partial charge is 0.275 e. The van der Waals surface area contributed by atoms with E-state index in [0.29, 0.717) is 30.3 Å². The van der Waals surface area contributed by atoms with E-state index in [1.807, 2.05) is 0 Å². The Morgan fingerprint density at radius 1 is 1.27 bits per heavy atom. The fraction of sp³-hybridized carbons (Fsp3) is 0.389. The summed E-state index contributed by atoms with van der Waals surface area (Å²) in [6.07, 6.45) is 5.07. The number of hydrogen-bond acceptors (Lipinski definition) is 5. The van der Waals surface area contributed by atoms with E-state index < -0.39 is 11.7 Å². The van der Waals surface area contributed by atoms with Crippen LogP contribution in [0.15, 0.2) is 30.6 Å². The molecule has 4 rings (SSSR count). The number of ether oxygens (including phenoxy) is 1. The Morgan fingerprint density at radius 2 is 2.12 bits per heavy atom. The number of morpholine rings is 1. The van der Waals surface area contributed by atoms with Crippen LogP contribution in [-0.2, 0) is 4.74 Å². The summed E-state index contributed by atoms with van der Waals surface area (Å²) < 4.78 is 19.9. The van der Waals surface area contributed by atoms with Gasteiger partial charge >= 0.3 is 0 Å². The number of carbonyl (C=O) groups excluding carboxylic acids is 1. The first-order valence-corrected chi connectivity index (χ1v) is 8.46. The molecule has 2 N–H and O–H groups in total. The Bertz CT molecular complexity index is 777. The van der Waals surface area contributed by atoms with E-state index in [-0.39, 0.29) is 24.2 Å². The van der Waals surface area contributed by atoms with Gasteiger partial charge in [0.1, 0.15) is 11.5 Å². The molecule has 2 aromatic rings. The summed E-state index contributed by atoms with van der Waals surface area (Å²) in [5, 5.41) is 5.82. The highest BCUT2D eigenvalue weighted by Gasteiger charge is 2.25. The summed E-state index contributed by atoms with van der Waals surface area (Å²) in [6, 6.07) is 4.61. The van der Waals surface area contributed by atoms with Gasteiger partial charge in [-0.15, -0.1) is 12.4 Å². The average Bonchev–Trinajstić information content (AvgIpc) is 3.48. The quantitative estimate of drug-likeness (QED) is 0.855. The third-order valence-electron chi connectivity index (χ3n) is 4.43. The molecule has 0 radical (unpaired) electrons. The Balaban J connectivity index is 0.00000196. The molecular formula is C18H20ClFN4O2. The summed E-state index contributed by atoms with van der Waals surface area (Å²) in [6.45, 7) is 1.90. The Morgan fingerprint density at radius 3 is 2.73 bits per heavy atom. The maximum atomic E-state index is 14.3. The fourth-order valence-electron chi connectivity index (χ4n) is 2.87.